The first-order chi connectivity index (χ1) is 29.0. The van der Waals surface area contributed by atoms with Crippen LogP contribution in [0.15, 0.2) is 108 Å². The van der Waals surface area contributed by atoms with Crippen LogP contribution < -0.4 is 14.5 Å². The minimum atomic E-state index is -3.53. The van der Waals surface area contributed by atoms with Gasteiger partial charge in [0.1, 0.15) is 16.2 Å². The lowest BCUT2D eigenvalue weighted by molar-refractivity contribution is 0.378. The average Bonchev–Trinajstić information content (AvgIpc) is 3.92. The van der Waals surface area contributed by atoms with Crippen LogP contribution in [0.1, 0.15) is 41.9 Å². The summed E-state index contributed by atoms with van der Waals surface area (Å²) in [5.74, 6) is 0.838. The second-order valence-electron chi connectivity index (χ2n) is 15.9. The molecule has 326 valence electrons. The van der Waals surface area contributed by atoms with Crippen molar-refractivity contribution in [3.63, 3.8) is 0 Å². The van der Waals surface area contributed by atoms with Crippen LogP contribution in [0, 0.1) is 6.92 Å². The molecule has 0 N–H and O–H groups in total. The van der Waals surface area contributed by atoms with Gasteiger partial charge in [-0.05, 0) is 44.0 Å². The Morgan fingerprint density at radius 3 is 1.41 bits per heavy atom. The molecule has 11 nitrogen and oxygen atoms in total. The van der Waals surface area contributed by atoms with Gasteiger partial charge < -0.3 is 14.5 Å². The van der Waals surface area contributed by atoms with Crippen LogP contribution in [0.5, 0.6) is 5.75 Å². The monoisotopic (exact) mass is 942 g/mol. The van der Waals surface area contributed by atoms with Gasteiger partial charge in [0.25, 0.3) is 0 Å². The molecule has 2 aromatic heterocycles. The minimum absolute atomic E-state index is 0.427. The number of piperazine rings is 2. The Morgan fingerprint density at radius 2 is 1.03 bits per heavy atom. The summed E-state index contributed by atoms with van der Waals surface area (Å²) in [5, 5.41) is 4.55. The van der Waals surface area contributed by atoms with E-state index in [4.69, 9.17) is 37.9 Å². The van der Waals surface area contributed by atoms with Gasteiger partial charge in [0.05, 0.1) is 28.2 Å². The maximum absolute atomic E-state index is 13.2. The normalized spacial score (nSPS) is 24.8. The van der Waals surface area contributed by atoms with E-state index in [9.17, 15) is 16.8 Å². The Labute approximate surface area is 378 Å². The summed E-state index contributed by atoms with van der Waals surface area (Å²) in [7, 11) is -5.39. The number of allylic oxidation sites excluding steroid dienone is 6. The fourth-order valence-electron chi connectivity index (χ4n) is 7.67. The van der Waals surface area contributed by atoms with E-state index in [0.717, 1.165) is 40.2 Å². The summed E-state index contributed by atoms with van der Waals surface area (Å²) >= 11 is 16.2. The lowest BCUT2D eigenvalue weighted by Gasteiger charge is -2.38. The zero-order valence-electron chi connectivity index (χ0n) is 34.7. The van der Waals surface area contributed by atoms with Crippen molar-refractivity contribution in [3.8, 4) is 5.75 Å². The number of aryl methyl sites for hydroxylation is 1. The fourth-order valence-corrected chi connectivity index (χ4v) is 14.3. The quantitative estimate of drug-likeness (QED) is 0.140. The Bertz CT molecular complexity index is 2470. The predicted molar refractivity (Wildman–Crippen MR) is 252 cm³/mol. The minimum Gasteiger partial charge on any atom is -0.497 e. The van der Waals surface area contributed by atoms with Crippen molar-refractivity contribution in [2.45, 2.75) is 53.9 Å². The van der Waals surface area contributed by atoms with E-state index in [1.54, 1.807) is 101 Å². The van der Waals surface area contributed by atoms with Crippen LogP contribution in [-0.4, -0.2) is 115 Å². The second kappa shape index (κ2) is 19.1. The standard InChI is InChI=1S/C22H26ClN3O3S2.C22H26ClN3O2S2/c1-22(23)10-4-3-5-20(22)31(27,28)26-13-11-25(12-14-26)21-24-18(16-30-21)15-17-6-8-19(29-2)9-7-17;1-17-6-8-18(9-7-17)15-19-16-29-21(24-19)25-11-13-26(14-12-25)30(27,28)20-5-3-4-10-22(20,2)23/h3-10,16,20H,11-15H2,1-2H3;3-10,16,20H,11-15H2,1-2H3. The molecule has 2 aliphatic heterocycles. The van der Waals surface area contributed by atoms with Gasteiger partial charge in [0.15, 0.2) is 10.3 Å². The number of rotatable bonds is 11. The molecular formula is C44H52Cl2N6O5S4. The molecule has 4 aliphatic rings. The Hall–Kier alpha value is -3.54. The number of alkyl halides is 2. The molecule has 4 heterocycles. The number of halogens is 2. The van der Waals surface area contributed by atoms with Gasteiger partial charge in [-0.15, -0.1) is 45.9 Å². The van der Waals surface area contributed by atoms with E-state index in [1.165, 1.54) is 16.7 Å². The van der Waals surface area contributed by atoms with Gasteiger partial charge in [-0.3, -0.25) is 0 Å². The molecule has 4 unspecified atom stereocenters. The lowest BCUT2D eigenvalue weighted by Crippen LogP contribution is -2.54. The summed E-state index contributed by atoms with van der Waals surface area (Å²) < 4.78 is 61.0. The number of thiazole rings is 2. The highest BCUT2D eigenvalue weighted by Gasteiger charge is 2.44. The Kier molecular flexibility index (Phi) is 14.2. The number of nitrogens with zero attached hydrogens (tertiary/aromatic N) is 6. The molecule has 8 rings (SSSR count). The van der Waals surface area contributed by atoms with Crippen LogP contribution in [0.2, 0.25) is 0 Å². The van der Waals surface area contributed by atoms with Gasteiger partial charge >= 0.3 is 0 Å². The number of methoxy groups -OCH3 is 1. The summed E-state index contributed by atoms with van der Waals surface area (Å²) in [5.41, 5.74) is 5.72. The van der Waals surface area contributed by atoms with Crippen molar-refractivity contribution in [3.05, 3.63) is 136 Å². The van der Waals surface area contributed by atoms with Crippen LogP contribution >= 0.6 is 45.9 Å². The molecule has 0 spiro atoms. The molecule has 2 fully saturated rings. The number of benzene rings is 2. The number of hydrogen-bond donors (Lipinski definition) is 0. The highest BCUT2D eigenvalue weighted by molar-refractivity contribution is 7.90. The molecule has 17 heteroatoms. The fraction of sp³-hybridized carbons (Fsp3) is 0.409. The molecule has 0 bridgehead atoms. The first kappa shape index (κ1) is 45.5. The third-order valence-corrected chi connectivity index (χ3v) is 18.9. The smallest absolute Gasteiger partial charge is 0.222 e. The third kappa shape index (κ3) is 10.8. The first-order valence-electron chi connectivity index (χ1n) is 20.2. The number of aromatic nitrogens is 2. The van der Waals surface area contributed by atoms with Crippen LogP contribution in [0.4, 0.5) is 10.3 Å². The first-order valence-corrected chi connectivity index (χ1v) is 25.7. The maximum Gasteiger partial charge on any atom is 0.222 e. The van der Waals surface area contributed by atoms with Gasteiger partial charge in [-0.2, -0.15) is 8.61 Å². The lowest BCUT2D eigenvalue weighted by atomic mass is 10.0. The average molecular weight is 944 g/mol. The van der Waals surface area contributed by atoms with Crippen LogP contribution in [0.25, 0.3) is 0 Å². The zero-order chi connectivity index (χ0) is 43.4. The largest absolute Gasteiger partial charge is 0.497 e. The van der Waals surface area contributed by atoms with Gasteiger partial charge in [-0.1, -0.05) is 90.6 Å². The molecule has 2 aromatic carbocycles. The zero-order valence-corrected chi connectivity index (χ0v) is 39.5. The van der Waals surface area contributed by atoms with Crippen molar-refractivity contribution < 1.29 is 21.6 Å². The molecule has 2 aliphatic carbocycles. The number of hydrogen-bond acceptors (Lipinski definition) is 11. The second-order valence-corrected chi connectivity index (χ2v) is 23.3. The summed E-state index contributed by atoms with van der Waals surface area (Å²) in [4.78, 5) is 12.0. The van der Waals surface area contributed by atoms with Crippen molar-refractivity contribution in [2.24, 2.45) is 0 Å². The Morgan fingerprint density at radius 1 is 0.639 bits per heavy atom. The van der Waals surface area contributed by atoms with Crippen molar-refractivity contribution >= 4 is 76.2 Å². The summed E-state index contributed by atoms with van der Waals surface area (Å²) in [6.07, 6.45) is 15.5. The molecular weight excluding hydrogens is 892 g/mol. The highest BCUT2D eigenvalue weighted by Crippen LogP contribution is 2.35. The van der Waals surface area contributed by atoms with Crippen molar-refractivity contribution in [1.82, 2.24) is 18.6 Å². The molecule has 2 saturated heterocycles. The predicted octanol–water partition coefficient (Wildman–Crippen LogP) is 7.67. The van der Waals surface area contributed by atoms with E-state index in [-0.39, 0.29) is 0 Å². The van der Waals surface area contributed by atoms with Crippen molar-refractivity contribution in [1.29, 1.82) is 0 Å². The van der Waals surface area contributed by atoms with Gasteiger partial charge in [0, 0.05) is 76.0 Å². The third-order valence-electron chi connectivity index (χ3n) is 11.3. The molecule has 0 radical (unpaired) electrons. The van der Waals surface area contributed by atoms with E-state index >= 15 is 0 Å². The molecule has 4 aromatic rings. The number of ether oxygens (including phenoxy) is 1. The maximum atomic E-state index is 13.2. The summed E-state index contributed by atoms with van der Waals surface area (Å²) in [6.45, 7) is 9.79. The number of anilines is 2. The molecule has 4 atom stereocenters. The topological polar surface area (TPSA) is 116 Å². The van der Waals surface area contributed by atoms with Crippen molar-refractivity contribution in [2.75, 3.05) is 69.3 Å². The van der Waals surface area contributed by atoms with E-state index in [0.29, 0.717) is 52.4 Å². The molecule has 0 amide bonds. The van der Waals surface area contributed by atoms with E-state index < -0.39 is 40.3 Å². The van der Waals surface area contributed by atoms with Crippen LogP contribution in [-0.2, 0) is 32.9 Å². The number of sulfonamides is 2. The SMILES string of the molecule is COc1ccc(Cc2csc(N3CCN(S(=O)(=O)C4C=CC=CC4(C)Cl)CC3)n2)cc1.Cc1ccc(Cc2csc(N3CCN(S(=O)(=O)C4C=CC=CC4(C)Cl)CC3)n2)cc1. The summed E-state index contributed by atoms with van der Waals surface area (Å²) in [6, 6.07) is 16.5. The molecule has 61 heavy (non-hydrogen) atoms. The van der Waals surface area contributed by atoms with Crippen LogP contribution in [0.3, 0.4) is 0 Å². The highest BCUT2D eigenvalue weighted by atomic mass is 35.5. The van der Waals surface area contributed by atoms with Gasteiger partial charge in [0.2, 0.25) is 20.0 Å². The Balaban J connectivity index is 0.000000184. The van der Waals surface area contributed by atoms with E-state index in [1.807, 2.05) is 24.3 Å². The van der Waals surface area contributed by atoms with E-state index in [2.05, 4.69) is 51.7 Å². The molecule has 0 saturated carbocycles. The van der Waals surface area contributed by atoms with Gasteiger partial charge in [-0.25, -0.2) is 26.8 Å².